The smallest absolute Gasteiger partial charge is 0.231 e. The van der Waals surface area contributed by atoms with Gasteiger partial charge in [0.1, 0.15) is 5.82 Å². The van der Waals surface area contributed by atoms with Crippen molar-refractivity contribution in [1.82, 2.24) is 20.3 Å². The van der Waals surface area contributed by atoms with Gasteiger partial charge in [0.05, 0.1) is 22.3 Å². The van der Waals surface area contributed by atoms with Crippen molar-refractivity contribution in [2.24, 2.45) is 0 Å². The molecule has 0 unspecified atom stereocenters. The summed E-state index contributed by atoms with van der Waals surface area (Å²) in [5.74, 6) is -0.287. The maximum Gasteiger partial charge on any atom is 0.231 e. The number of thiophene rings is 1. The second-order valence-electron chi connectivity index (χ2n) is 5.92. The van der Waals surface area contributed by atoms with Gasteiger partial charge >= 0.3 is 0 Å². The summed E-state index contributed by atoms with van der Waals surface area (Å²) in [7, 11) is 0. The Kier molecular flexibility index (Phi) is 5.61. The lowest BCUT2D eigenvalue weighted by Crippen LogP contribution is -2.30. The summed E-state index contributed by atoms with van der Waals surface area (Å²) in [6.45, 7) is 0. The van der Waals surface area contributed by atoms with Crippen molar-refractivity contribution >= 4 is 51.8 Å². The molecule has 0 spiro atoms. The summed E-state index contributed by atoms with van der Waals surface area (Å²) in [5.41, 5.74) is 2.10. The van der Waals surface area contributed by atoms with E-state index in [-0.39, 0.29) is 23.5 Å². The Balaban J connectivity index is 1.46. The molecule has 0 aliphatic heterocycles. The molecular formula is C19H14ClFN4OS2. The normalized spacial score (nSPS) is 12.2. The molecule has 0 aliphatic rings. The lowest BCUT2D eigenvalue weighted by molar-refractivity contribution is -0.119. The minimum Gasteiger partial charge on any atom is -0.344 e. The van der Waals surface area contributed by atoms with E-state index >= 15 is 0 Å². The zero-order valence-corrected chi connectivity index (χ0v) is 16.7. The molecule has 142 valence electrons. The Morgan fingerprint density at radius 3 is 2.89 bits per heavy atom. The Hall–Kier alpha value is -2.42. The first-order valence-corrected chi connectivity index (χ1v) is 10.5. The molecule has 0 bridgehead atoms. The minimum absolute atomic E-state index is 0.154. The number of nitrogens with one attached hydrogen (secondary N) is 2. The number of nitrogens with zero attached hydrogens (tertiary/aromatic N) is 2. The van der Waals surface area contributed by atoms with Crippen molar-refractivity contribution < 1.29 is 9.18 Å². The van der Waals surface area contributed by atoms with Crippen LogP contribution in [0.3, 0.4) is 0 Å². The highest BCUT2D eigenvalue weighted by Gasteiger charge is 2.18. The van der Waals surface area contributed by atoms with Crippen molar-refractivity contribution in [3.8, 4) is 0 Å². The van der Waals surface area contributed by atoms with E-state index in [1.165, 1.54) is 41.4 Å². The second-order valence-corrected chi connectivity index (χ2v) is 8.30. The standard InChI is InChI=1S/C19H14ClFN4OS2/c20-12-8-14-18(22-9-12)25-19(23-14)28-10-16(26)24-17(15-2-1-7-27-15)11-3-5-13(21)6-4-11/h1-9,17H,10H2,(H,24,26)(H,22,23,25)/t17-/m1/s1. The van der Waals surface area contributed by atoms with Gasteiger partial charge in [0.2, 0.25) is 5.91 Å². The zero-order valence-electron chi connectivity index (χ0n) is 14.4. The van der Waals surface area contributed by atoms with E-state index in [1.807, 2.05) is 17.5 Å². The fourth-order valence-corrected chi connectivity index (χ4v) is 4.33. The minimum atomic E-state index is -0.329. The van der Waals surface area contributed by atoms with Gasteiger partial charge in [0, 0.05) is 11.1 Å². The van der Waals surface area contributed by atoms with Crippen LogP contribution in [0, 0.1) is 5.82 Å². The number of amides is 1. The second kappa shape index (κ2) is 8.30. The Morgan fingerprint density at radius 2 is 2.14 bits per heavy atom. The largest absolute Gasteiger partial charge is 0.344 e. The summed E-state index contributed by atoms with van der Waals surface area (Å²) in [4.78, 5) is 25.1. The number of halogens is 2. The van der Waals surface area contributed by atoms with E-state index in [4.69, 9.17) is 11.6 Å². The van der Waals surface area contributed by atoms with E-state index in [0.717, 1.165) is 16.0 Å². The van der Waals surface area contributed by atoms with Gasteiger partial charge in [-0.05, 0) is 35.2 Å². The van der Waals surface area contributed by atoms with Crippen molar-refractivity contribution in [2.75, 3.05) is 5.75 Å². The highest BCUT2D eigenvalue weighted by molar-refractivity contribution is 7.99. The van der Waals surface area contributed by atoms with Crippen LogP contribution >= 0.6 is 34.7 Å². The van der Waals surface area contributed by atoms with Crippen molar-refractivity contribution in [3.05, 3.63) is 75.3 Å². The Labute approximate surface area is 173 Å². The van der Waals surface area contributed by atoms with Crippen LogP contribution in [-0.4, -0.2) is 26.6 Å². The van der Waals surface area contributed by atoms with E-state index in [2.05, 4.69) is 20.3 Å². The SMILES string of the molecule is O=C(CSc1nc2ncc(Cl)cc2[nH]1)N[C@H](c1ccc(F)cc1)c1cccs1. The first-order chi connectivity index (χ1) is 13.6. The third-order valence-corrected chi connectivity index (χ3v) is 5.98. The molecule has 2 N–H and O–H groups in total. The molecular weight excluding hydrogens is 419 g/mol. The third-order valence-electron chi connectivity index (χ3n) is 3.96. The molecule has 1 amide bonds. The monoisotopic (exact) mass is 432 g/mol. The first kappa shape index (κ1) is 18.9. The molecule has 0 radical (unpaired) electrons. The number of H-pyrrole nitrogens is 1. The zero-order chi connectivity index (χ0) is 19.5. The van der Waals surface area contributed by atoms with Gasteiger partial charge in [-0.2, -0.15) is 0 Å². The Bertz CT molecular complexity index is 1100. The van der Waals surface area contributed by atoms with Crippen LogP contribution in [0.25, 0.3) is 11.2 Å². The van der Waals surface area contributed by atoms with E-state index in [0.29, 0.717) is 15.8 Å². The summed E-state index contributed by atoms with van der Waals surface area (Å²) >= 11 is 8.74. The average Bonchev–Trinajstić information content (AvgIpc) is 3.34. The molecule has 3 aromatic heterocycles. The summed E-state index contributed by atoms with van der Waals surface area (Å²) in [6.07, 6.45) is 1.53. The van der Waals surface area contributed by atoms with Crippen LogP contribution in [-0.2, 0) is 4.79 Å². The van der Waals surface area contributed by atoms with Gasteiger partial charge in [-0.25, -0.2) is 14.4 Å². The molecule has 1 atom stereocenters. The maximum absolute atomic E-state index is 13.3. The fraction of sp³-hybridized carbons (Fsp3) is 0.105. The predicted octanol–water partition coefficient (Wildman–Crippen LogP) is 4.81. The number of aromatic amines is 1. The van der Waals surface area contributed by atoms with Crippen LogP contribution in [0.2, 0.25) is 5.02 Å². The van der Waals surface area contributed by atoms with Gasteiger partial charge in [-0.1, -0.05) is 41.6 Å². The van der Waals surface area contributed by atoms with E-state index in [9.17, 15) is 9.18 Å². The molecule has 4 rings (SSSR count). The predicted molar refractivity (Wildman–Crippen MR) is 110 cm³/mol. The maximum atomic E-state index is 13.3. The molecule has 9 heteroatoms. The van der Waals surface area contributed by atoms with Crippen molar-refractivity contribution in [1.29, 1.82) is 0 Å². The molecule has 28 heavy (non-hydrogen) atoms. The van der Waals surface area contributed by atoms with Gasteiger partial charge in [0.25, 0.3) is 0 Å². The van der Waals surface area contributed by atoms with Gasteiger partial charge in [-0.15, -0.1) is 11.3 Å². The first-order valence-electron chi connectivity index (χ1n) is 8.31. The van der Waals surface area contributed by atoms with Crippen LogP contribution < -0.4 is 5.32 Å². The van der Waals surface area contributed by atoms with Gasteiger partial charge in [0.15, 0.2) is 10.8 Å². The highest BCUT2D eigenvalue weighted by Crippen LogP contribution is 2.27. The van der Waals surface area contributed by atoms with Crippen LogP contribution in [0.5, 0.6) is 0 Å². The molecule has 0 fully saturated rings. The number of hydrogen-bond acceptors (Lipinski definition) is 5. The molecule has 4 aromatic rings. The fourth-order valence-electron chi connectivity index (χ4n) is 2.69. The summed E-state index contributed by atoms with van der Waals surface area (Å²) < 4.78 is 13.3. The number of aromatic nitrogens is 3. The van der Waals surface area contributed by atoms with Gasteiger partial charge in [-0.3, -0.25) is 4.79 Å². The molecule has 5 nitrogen and oxygen atoms in total. The number of benzene rings is 1. The van der Waals surface area contributed by atoms with Crippen LogP contribution in [0.4, 0.5) is 4.39 Å². The number of pyridine rings is 1. The van der Waals surface area contributed by atoms with Crippen molar-refractivity contribution in [2.45, 2.75) is 11.2 Å². The number of thioether (sulfide) groups is 1. The van der Waals surface area contributed by atoms with Gasteiger partial charge < -0.3 is 10.3 Å². The lowest BCUT2D eigenvalue weighted by atomic mass is 10.1. The molecule has 0 aliphatic carbocycles. The molecule has 0 saturated carbocycles. The number of imidazole rings is 1. The quantitative estimate of drug-likeness (QED) is 0.429. The Morgan fingerprint density at radius 1 is 1.32 bits per heavy atom. The van der Waals surface area contributed by atoms with Crippen LogP contribution in [0.1, 0.15) is 16.5 Å². The molecule has 1 aromatic carbocycles. The van der Waals surface area contributed by atoms with Crippen LogP contribution in [0.15, 0.2) is 59.2 Å². The molecule has 0 saturated heterocycles. The lowest BCUT2D eigenvalue weighted by Gasteiger charge is -2.18. The van der Waals surface area contributed by atoms with Crippen molar-refractivity contribution in [3.63, 3.8) is 0 Å². The van der Waals surface area contributed by atoms with E-state index in [1.54, 1.807) is 18.2 Å². The summed E-state index contributed by atoms with van der Waals surface area (Å²) in [5, 5.41) is 6.07. The third kappa shape index (κ3) is 4.35. The number of carbonyl (C=O) groups excluding carboxylic acids is 1. The number of carbonyl (C=O) groups is 1. The molecule has 3 heterocycles. The highest BCUT2D eigenvalue weighted by atomic mass is 35.5. The summed E-state index contributed by atoms with van der Waals surface area (Å²) in [6, 6.07) is 11.4. The topological polar surface area (TPSA) is 70.7 Å². The number of fused-ring (bicyclic) bond motifs is 1. The average molecular weight is 433 g/mol. The number of hydrogen-bond donors (Lipinski definition) is 2. The van der Waals surface area contributed by atoms with E-state index < -0.39 is 0 Å². The number of rotatable bonds is 6.